The number of furan rings is 1. The number of rotatable bonds is 3. The molecule has 1 heterocycles. The molecule has 5 heteroatoms. The van der Waals surface area contributed by atoms with Crippen molar-refractivity contribution in [2.24, 2.45) is 0 Å². The summed E-state index contributed by atoms with van der Waals surface area (Å²) < 4.78 is 9.43. The van der Waals surface area contributed by atoms with Gasteiger partial charge in [0.2, 0.25) is 0 Å². The third kappa shape index (κ3) is 2.23. The van der Waals surface area contributed by atoms with Crippen LogP contribution in [0.1, 0.15) is 11.7 Å². The van der Waals surface area contributed by atoms with Gasteiger partial charge in [-0.1, -0.05) is 0 Å². The third-order valence-electron chi connectivity index (χ3n) is 1.61. The first-order valence-corrected chi connectivity index (χ1v) is 4.00. The summed E-state index contributed by atoms with van der Waals surface area (Å²) in [6, 6.07) is 3.03. The highest BCUT2D eigenvalue weighted by atomic mass is 35.5. The zero-order valence-electron chi connectivity index (χ0n) is 6.99. The smallest absolute Gasteiger partial charge is 0.318 e. The summed E-state index contributed by atoms with van der Waals surface area (Å²) in [6.45, 7) is -0.365. The van der Waals surface area contributed by atoms with Crippen molar-refractivity contribution >= 4 is 17.6 Å². The van der Waals surface area contributed by atoms with Crippen molar-refractivity contribution in [3.05, 3.63) is 23.1 Å². The average molecular weight is 205 g/mol. The van der Waals surface area contributed by atoms with Gasteiger partial charge in [-0.15, -0.1) is 0 Å². The van der Waals surface area contributed by atoms with Gasteiger partial charge in [0.05, 0.1) is 13.7 Å². The van der Waals surface area contributed by atoms with E-state index in [0.717, 1.165) is 0 Å². The molecule has 0 saturated carbocycles. The van der Waals surface area contributed by atoms with Crippen molar-refractivity contribution in [3.8, 4) is 0 Å². The zero-order chi connectivity index (χ0) is 9.84. The maximum atomic E-state index is 11.1. The summed E-state index contributed by atoms with van der Waals surface area (Å²) in [5.41, 5.74) is 0. The van der Waals surface area contributed by atoms with Crippen LogP contribution in [-0.4, -0.2) is 24.8 Å². The number of methoxy groups -OCH3 is 1. The second kappa shape index (κ2) is 4.30. The van der Waals surface area contributed by atoms with Gasteiger partial charge in [-0.3, -0.25) is 4.79 Å². The van der Waals surface area contributed by atoms with Crippen molar-refractivity contribution in [3.63, 3.8) is 0 Å². The van der Waals surface area contributed by atoms with E-state index in [1.165, 1.54) is 19.2 Å². The Bertz CT molecular complexity index is 294. The van der Waals surface area contributed by atoms with Crippen LogP contribution in [0.25, 0.3) is 0 Å². The van der Waals surface area contributed by atoms with Crippen LogP contribution in [-0.2, 0) is 9.53 Å². The van der Waals surface area contributed by atoms with Crippen LogP contribution in [0, 0.1) is 0 Å². The van der Waals surface area contributed by atoms with E-state index in [1.54, 1.807) is 0 Å². The highest BCUT2D eigenvalue weighted by Gasteiger charge is 2.23. The number of esters is 1. The Kier molecular flexibility index (Phi) is 3.33. The maximum Gasteiger partial charge on any atom is 0.318 e. The lowest BCUT2D eigenvalue weighted by atomic mass is 10.1. The van der Waals surface area contributed by atoms with Crippen molar-refractivity contribution in [1.29, 1.82) is 0 Å². The standard InChI is InChI=1S/C8H9ClO4/c1-12-8(11)5(4-10)6-2-3-7(9)13-6/h2-3,5,10H,4H2,1H3. The van der Waals surface area contributed by atoms with Crippen molar-refractivity contribution in [2.45, 2.75) is 5.92 Å². The lowest BCUT2D eigenvalue weighted by Crippen LogP contribution is -2.17. The van der Waals surface area contributed by atoms with E-state index in [-0.39, 0.29) is 11.8 Å². The Hall–Kier alpha value is -1.00. The van der Waals surface area contributed by atoms with Crippen LogP contribution in [0.2, 0.25) is 5.22 Å². The number of aliphatic hydroxyl groups is 1. The van der Waals surface area contributed by atoms with E-state index in [1.807, 2.05) is 0 Å². The quantitative estimate of drug-likeness (QED) is 0.752. The fraction of sp³-hybridized carbons (Fsp3) is 0.375. The molecule has 4 nitrogen and oxygen atoms in total. The predicted octanol–water partition coefficient (Wildman–Crippen LogP) is 1.18. The summed E-state index contributed by atoms with van der Waals surface area (Å²) in [5, 5.41) is 9.06. The highest BCUT2D eigenvalue weighted by molar-refractivity contribution is 6.28. The highest BCUT2D eigenvalue weighted by Crippen LogP contribution is 2.22. The number of carbonyl (C=O) groups excluding carboxylic acids is 1. The van der Waals surface area contributed by atoms with Crippen LogP contribution in [0.4, 0.5) is 0 Å². The number of aliphatic hydroxyl groups excluding tert-OH is 1. The van der Waals surface area contributed by atoms with E-state index in [2.05, 4.69) is 4.74 Å². The van der Waals surface area contributed by atoms with E-state index in [0.29, 0.717) is 5.76 Å². The predicted molar refractivity (Wildman–Crippen MR) is 45.6 cm³/mol. The Morgan fingerprint density at radius 2 is 2.46 bits per heavy atom. The molecule has 1 aromatic heterocycles. The van der Waals surface area contributed by atoms with Crippen molar-refractivity contribution < 1.29 is 19.1 Å². The molecule has 1 rings (SSSR count). The largest absolute Gasteiger partial charge is 0.468 e. The van der Waals surface area contributed by atoms with Crippen LogP contribution in [0.5, 0.6) is 0 Å². The normalized spacial score (nSPS) is 12.5. The minimum Gasteiger partial charge on any atom is -0.468 e. The van der Waals surface area contributed by atoms with E-state index < -0.39 is 11.9 Å². The minimum atomic E-state index is -0.794. The van der Waals surface area contributed by atoms with Gasteiger partial charge in [-0.05, 0) is 23.7 Å². The summed E-state index contributed by atoms with van der Waals surface area (Å²) in [6.07, 6.45) is 0. The second-order valence-electron chi connectivity index (χ2n) is 2.40. The lowest BCUT2D eigenvalue weighted by molar-refractivity contribution is -0.143. The molecule has 0 bridgehead atoms. The second-order valence-corrected chi connectivity index (χ2v) is 2.77. The monoisotopic (exact) mass is 204 g/mol. The number of carbonyl (C=O) groups is 1. The van der Waals surface area contributed by atoms with Gasteiger partial charge in [0, 0.05) is 0 Å². The zero-order valence-corrected chi connectivity index (χ0v) is 7.75. The van der Waals surface area contributed by atoms with Gasteiger partial charge in [0.15, 0.2) is 5.22 Å². The topological polar surface area (TPSA) is 59.7 Å². The van der Waals surface area contributed by atoms with Crippen LogP contribution in [0.15, 0.2) is 16.5 Å². The van der Waals surface area contributed by atoms with Gasteiger partial charge in [0.25, 0.3) is 0 Å². The first-order chi connectivity index (χ1) is 6.19. The number of ether oxygens (including phenoxy) is 1. The fourth-order valence-corrected chi connectivity index (χ4v) is 1.09. The molecular weight excluding hydrogens is 196 g/mol. The molecule has 0 fully saturated rings. The molecule has 13 heavy (non-hydrogen) atoms. The summed E-state index contributed by atoms with van der Waals surface area (Å²) >= 11 is 5.51. The maximum absolute atomic E-state index is 11.1. The molecule has 0 aliphatic rings. The molecule has 72 valence electrons. The van der Waals surface area contributed by atoms with Gasteiger partial charge in [0.1, 0.15) is 11.7 Å². The van der Waals surface area contributed by atoms with E-state index >= 15 is 0 Å². The Balaban J connectivity index is 2.84. The molecule has 1 N–H and O–H groups in total. The van der Waals surface area contributed by atoms with Gasteiger partial charge < -0.3 is 14.3 Å². The molecule has 1 aromatic rings. The Morgan fingerprint density at radius 3 is 2.85 bits per heavy atom. The van der Waals surface area contributed by atoms with Crippen LogP contribution in [0.3, 0.4) is 0 Å². The van der Waals surface area contributed by atoms with Gasteiger partial charge >= 0.3 is 5.97 Å². The average Bonchev–Trinajstić information content (AvgIpc) is 2.53. The molecule has 0 aromatic carbocycles. The van der Waals surface area contributed by atoms with Crippen LogP contribution < -0.4 is 0 Å². The third-order valence-corrected chi connectivity index (χ3v) is 1.81. The number of hydrogen-bond acceptors (Lipinski definition) is 4. The number of halogens is 1. The molecule has 1 atom stereocenters. The molecule has 0 amide bonds. The molecule has 0 aliphatic heterocycles. The van der Waals surface area contributed by atoms with Crippen molar-refractivity contribution in [2.75, 3.05) is 13.7 Å². The van der Waals surface area contributed by atoms with Gasteiger partial charge in [-0.2, -0.15) is 0 Å². The van der Waals surface area contributed by atoms with Crippen molar-refractivity contribution in [1.82, 2.24) is 0 Å². The SMILES string of the molecule is COC(=O)C(CO)c1ccc(Cl)o1. The summed E-state index contributed by atoms with van der Waals surface area (Å²) in [4.78, 5) is 11.1. The molecule has 0 aliphatic carbocycles. The van der Waals surface area contributed by atoms with E-state index in [9.17, 15) is 4.79 Å². The van der Waals surface area contributed by atoms with Gasteiger partial charge in [-0.25, -0.2) is 0 Å². The first kappa shape index (κ1) is 10.1. The summed E-state index contributed by atoms with van der Waals surface area (Å²) in [5.74, 6) is -1.04. The van der Waals surface area contributed by atoms with E-state index in [4.69, 9.17) is 21.1 Å². The molecular formula is C8H9ClO4. The molecule has 1 unspecified atom stereocenters. The van der Waals surface area contributed by atoms with Crippen LogP contribution >= 0.6 is 11.6 Å². The lowest BCUT2D eigenvalue weighted by Gasteiger charge is -2.07. The first-order valence-electron chi connectivity index (χ1n) is 3.63. The molecule has 0 spiro atoms. The molecule has 0 radical (unpaired) electrons. The summed E-state index contributed by atoms with van der Waals surface area (Å²) in [7, 11) is 1.25. The minimum absolute atomic E-state index is 0.178. The fourth-order valence-electron chi connectivity index (χ4n) is 0.938. The number of hydrogen-bond donors (Lipinski definition) is 1. The Morgan fingerprint density at radius 1 is 1.77 bits per heavy atom. The molecule has 0 saturated heterocycles. The Labute approximate surface area is 80.1 Å².